The van der Waals surface area contributed by atoms with Crippen molar-refractivity contribution >= 4 is 23.5 Å². The van der Waals surface area contributed by atoms with Crippen LogP contribution in [0.3, 0.4) is 0 Å². The third kappa shape index (κ3) is 5.08. The molecule has 1 saturated carbocycles. The molecule has 0 unspecified atom stereocenters. The second-order valence-corrected chi connectivity index (χ2v) is 10.3. The molecule has 0 radical (unpaired) electrons. The molecule has 8 nitrogen and oxygen atoms in total. The molecule has 3 heterocycles. The molecule has 9 heteroatoms. The van der Waals surface area contributed by atoms with Crippen LogP contribution < -0.4 is 5.32 Å². The molecule has 36 heavy (non-hydrogen) atoms. The SMILES string of the molecule is O=C(CSc1nnc(CN2CCCC2)n1-c1ccccc1)Nc1cc(C2CC2)nn1-c1ccccc1. The highest BCUT2D eigenvalue weighted by Gasteiger charge is 2.28. The van der Waals surface area contributed by atoms with Gasteiger partial charge in [0.1, 0.15) is 5.82 Å². The molecule has 1 aliphatic carbocycles. The zero-order valence-corrected chi connectivity index (χ0v) is 20.9. The second-order valence-electron chi connectivity index (χ2n) is 9.37. The molecule has 2 fully saturated rings. The largest absolute Gasteiger partial charge is 0.310 e. The van der Waals surface area contributed by atoms with Crippen molar-refractivity contribution in [2.75, 3.05) is 24.2 Å². The molecule has 1 N–H and O–H groups in total. The summed E-state index contributed by atoms with van der Waals surface area (Å²) in [7, 11) is 0. The number of carbonyl (C=O) groups excluding carboxylic acids is 1. The number of carbonyl (C=O) groups is 1. The van der Waals surface area contributed by atoms with E-state index in [0.29, 0.717) is 11.7 Å². The Balaban J connectivity index is 1.19. The highest BCUT2D eigenvalue weighted by atomic mass is 32.2. The van der Waals surface area contributed by atoms with Gasteiger partial charge in [0.25, 0.3) is 0 Å². The Morgan fingerprint density at radius 1 is 0.944 bits per heavy atom. The van der Waals surface area contributed by atoms with Gasteiger partial charge in [0.05, 0.1) is 23.7 Å². The van der Waals surface area contributed by atoms with Crippen LogP contribution in [0, 0.1) is 0 Å². The van der Waals surface area contributed by atoms with E-state index in [4.69, 9.17) is 5.10 Å². The molecule has 2 aromatic heterocycles. The molecular weight excluding hydrogens is 470 g/mol. The van der Waals surface area contributed by atoms with Gasteiger partial charge in [-0.2, -0.15) is 5.10 Å². The van der Waals surface area contributed by atoms with E-state index in [1.165, 1.54) is 24.6 Å². The maximum atomic E-state index is 13.1. The Kier molecular flexibility index (Phi) is 6.57. The van der Waals surface area contributed by atoms with Crippen molar-refractivity contribution in [2.24, 2.45) is 0 Å². The summed E-state index contributed by atoms with van der Waals surface area (Å²) in [6.45, 7) is 2.93. The first-order valence-electron chi connectivity index (χ1n) is 12.5. The minimum absolute atomic E-state index is 0.0943. The molecule has 0 spiro atoms. The molecule has 2 aliphatic rings. The Hall–Kier alpha value is -3.43. The number of amides is 1. The number of nitrogens with zero attached hydrogens (tertiary/aromatic N) is 6. The summed E-state index contributed by atoms with van der Waals surface area (Å²) < 4.78 is 3.91. The Bertz CT molecular complexity index is 1320. The van der Waals surface area contributed by atoms with Crippen LogP contribution in [0.15, 0.2) is 71.9 Å². The van der Waals surface area contributed by atoms with Gasteiger partial charge in [-0.1, -0.05) is 48.2 Å². The van der Waals surface area contributed by atoms with Crippen molar-refractivity contribution in [3.8, 4) is 11.4 Å². The van der Waals surface area contributed by atoms with Gasteiger partial charge < -0.3 is 5.32 Å². The van der Waals surface area contributed by atoms with Crippen LogP contribution in [0.5, 0.6) is 0 Å². The lowest BCUT2D eigenvalue weighted by molar-refractivity contribution is -0.113. The second kappa shape index (κ2) is 10.3. The van der Waals surface area contributed by atoms with E-state index >= 15 is 0 Å². The van der Waals surface area contributed by atoms with E-state index in [1.807, 2.05) is 59.3 Å². The summed E-state index contributed by atoms with van der Waals surface area (Å²) >= 11 is 1.40. The van der Waals surface area contributed by atoms with E-state index in [0.717, 1.165) is 60.5 Å². The van der Waals surface area contributed by atoms with Gasteiger partial charge in [-0.25, -0.2) is 4.68 Å². The summed E-state index contributed by atoms with van der Waals surface area (Å²) in [5.74, 6) is 2.24. The number of anilines is 1. The van der Waals surface area contributed by atoms with Gasteiger partial charge in [-0.3, -0.25) is 14.3 Å². The fourth-order valence-electron chi connectivity index (χ4n) is 4.62. The predicted octanol–water partition coefficient (Wildman–Crippen LogP) is 4.66. The Morgan fingerprint density at radius 3 is 2.33 bits per heavy atom. The molecule has 1 saturated heterocycles. The first-order valence-corrected chi connectivity index (χ1v) is 13.5. The first kappa shape index (κ1) is 23.0. The van der Waals surface area contributed by atoms with Crippen LogP contribution in [0.25, 0.3) is 11.4 Å². The Morgan fingerprint density at radius 2 is 1.64 bits per heavy atom. The van der Waals surface area contributed by atoms with Crippen molar-refractivity contribution in [3.63, 3.8) is 0 Å². The fourth-order valence-corrected chi connectivity index (χ4v) is 5.39. The monoisotopic (exact) mass is 499 g/mol. The minimum atomic E-state index is -0.0943. The lowest BCUT2D eigenvalue weighted by atomic mass is 10.3. The van der Waals surface area contributed by atoms with E-state index < -0.39 is 0 Å². The molecule has 4 aromatic rings. The van der Waals surface area contributed by atoms with E-state index in [9.17, 15) is 4.79 Å². The smallest absolute Gasteiger partial charge is 0.236 e. The molecule has 184 valence electrons. The number of nitrogens with one attached hydrogen (secondary N) is 1. The van der Waals surface area contributed by atoms with E-state index in [1.54, 1.807) is 0 Å². The number of benzene rings is 2. The van der Waals surface area contributed by atoms with Crippen LogP contribution in [-0.2, 0) is 11.3 Å². The zero-order chi connectivity index (χ0) is 24.3. The van der Waals surface area contributed by atoms with Crippen LogP contribution in [0.2, 0.25) is 0 Å². The zero-order valence-electron chi connectivity index (χ0n) is 20.1. The van der Waals surface area contributed by atoms with Gasteiger partial charge in [-0.05, 0) is 63.0 Å². The average Bonchev–Trinajstić information content (AvgIpc) is 3.28. The highest BCUT2D eigenvalue weighted by molar-refractivity contribution is 7.99. The molecule has 6 rings (SSSR count). The lowest BCUT2D eigenvalue weighted by Gasteiger charge is -2.16. The van der Waals surface area contributed by atoms with Crippen molar-refractivity contribution in [1.82, 2.24) is 29.4 Å². The predicted molar refractivity (Wildman–Crippen MR) is 141 cm³/mol. The van der Waals surface area contributed by atoms with Crippen LogP contribution in [0.1, 0.15) is 43.1 Å². The minimum Gasteiger partial charge on any atom is -0.310 e. The summed E-state index contributed by atoms with van der Waals surface area (Å²) in [5.41, 5.74) is 2.98. The number of likely N-dealkylation sites (tertiary alicyclic amines) is 1. The van der Waals surface area contributed by atoms with Gasteiger partial charge in [0, 0.05) is 17.7 Å². The summed E-state index contributed by atoms with van der Waals surface area (Å²) in [5, 5.41) is 17.6. The standard InChI is InChI=1S/C27H29N7OS/c35-26(28-24-17-23(20-13-14-20)31-34(24)22-11-5-2-6-12-22)19-36-27-30-29-25(18-32-15-7-8-16-32)33(27)21-9-3-1-4-10-21/h1-6,9-12,17,20H,7-8,13-16,18-19H2,(H,28,35). The van der Waals surface area contributed by atoms with Gasteiger partial charge in [0.15, 0.2) is 11.0 Å². The molecule has 1 amide bonds. The van der Waals surface area contributed by atoms with Crippen LogP contribution in [-0.4, -0.2) is 54.2 Å². The van der Waals surface area contributed by atoms with Gasteiger partial charge in [-0.15, -0.1) is 10.2 Å². The van der Waals surface area contributed by atoms with Crippen molar-refractivity contribution in [3.05, 3.63) is 78.2 Å². The molecule has 2 aromatic carbocycles. The summed E-state index contributed by atoms with van der Waals surface area (Å²) in [6.07, 6.45) is 4.76. The van der Waals surface area contributed by atoms with Crippen LogP contribution in [0.4, 0.5) is 5.82 Å². The maximum absolute atomic E-state index is 13.1. The normalized spacial score (nSPS) is 15.9. The number of hydrogen-bond acceptors (Lipinski definition) is 6. The molecule has 1 aliphatic heterocycles. The third-order valence-corrected chi connectivity index (χ3v) is 7.53. The van der Waals surface area contributed by atoms with Gasteiger partial charge >= 0.3 is 0 Å². The molecule has 0 bridgehead atoms. The van der Waals surface area contributed by atoms with Crippen molar-refractivity contribution in [1.29, 1.82) is 0 Å². The van der Waals surface area contributed by atoms with E-state index in [-0.39, 0.29) is 11.7 Å². The molecular formula is C27H29N7OS. The number of para-hydroxylation sites is 2. The number of thioether (sulfide) groups is 1. The number of aromatic nitrogens is 5. The van der Waals surface area contributed by atoms with Crippen molar-refractivity contribution in [2.45, 2.75) is 43.3 Å². The number of hydrogen-bond donors (Lipinski definition) is 1. The quantitative estimate of drug-likeness (QED) is 0.338. The van der Waals surface area contributed by atoms with Crippen LogP contribution >= 0.6 is 11.8 Å². The topological polar surface area (TPSA) is 80.9 Å². The lowest BCUT2D eigenvalue weighted by Crippen LogP contribution is -2.21. The summed E-state index contributed by atoms with van der Waals surface area (Å²) in [6, 6.07) is 22.1. The van der Waals surface area contributed by atoms with Crippen molar-refractivity contribution < 1.29 is 4.79 Å². The van der Waals surface area contributed by atoms with E-state index in [2.05, 4.69) is 37.1 Å². The summed E-state index contributed by atoms with van der Waals surface area (Å²) in [4.78, 5) is 15.5. The first-order chi connectivity index (χ1) is 17.7. The average molecular weight is 500 g/mol. The maximum Gasteiger partial charge on any atom is 0.236 e. The fraction of sp³-hybridized carbons (Fsp3) is 0.333. The van der Waals surface area contributed by atoms with Gasteiger partial charge in [0.2, 0.25) is 5.91 Å². The molecule has 0 atom stereocenters. The number of rotatable bonds is 9. The third-order valence-electron chi connectivity index (χ3n) is 6.60. The Labute approximate surface area is 214 Å². The highest BCUT2D eigenvalue weighted by Crippen LogP contribution is 2.40.